The van der Waals surface area contributed by atoms with Gasteiger partial charge in [-0.2, -0.15) is 0 Å². The summed E-state index contributed by atoms with van der Waals surface area (Å²) in [6.45, 7) is 4.84. The van der Waals surface area contributed by atoms with E-state index in [1.54, 1.807) is 0 Å². The minimum Gasteiger partial charge on any atom is -0.311 e. The molecule has 0 unspecified atom stereocenters. The third-order valence-electron chi connectivity index (χ3n) is 4.40. The molecule has 1 nitrogen and oxygen atoms in total. The van der Waals surface area contributed by atoms with Gasteiger partial charge in [0.25, 0.3) is 0 Å². The second kappa shape index (κ2) is 4.65. The van der Waals surface area contributed by atoms with Gasteiger partial charge in [0.15, 0.2) is 0 Å². The molecule has 2 fully saturated rings. The predicted octanol–water partition coefficient (Wildman–Crippen LogP) is 3.34. The third-order valence-corrected chi connectivity index (χ3v) is 4.40. The quantitative estimate of drug-likeness (QED) is 0.712. The maximum Gasteiger partial charge on any atom is 0.00953 e. The van der Waals surface area contributed by atoms with Crippen LogP contribution >= 0.6 is 0 Å². The van der Waals surface area contributed by atoms with Gasteiger partial charge >= 0.3 is 0 Å². The monoisotopic (exact) mass is 195 g/mol. The van der Waals surface area contributed by atoms with Crippen molar-refractivity contribution in [2.45, 2.75) is 70.9 Å². The summed E-state index contributed by atoms with van der Waals surface area (Å²) < 4.78 is 0. The van der Waals surface area contributed by atoms with Gasteiger partial charge in [-0.05, 0) is 37.5 Å². The van der Waals surface area contributed by atoms with Crippen LogP contribution in [0.5, 0.6) is 0 Å². The molecule has 2 aliphatic carbocycles. The van der Waals surface area contributed by atoms with Crippen LogP contribution in [0.4, 0.5) is 0 Å². The van der Waals surface area contributed by atoms with Gasteiger partial charge < -0.3 is 5.32 Å². The molecule has 1 N–H and O–H groups in total. The molecule has 2 rings (SSSR count). The van der Waals surface area contributed by atoms with E-state index in [0.29, 0.717) is 0 Å². The fraction of sp³-hybridized carbons (Fsp3) is 1.00. The second-order valence-electron chi connectivity index (χ2n) is 5.55. The molecule has 2 aliphatic rings. The molecule has 0 aromatic heterocycles. The molecule has 0 heterocycles. The molecule has 82 valence electrons. The predicted molar refractivity (Wildman–Crippen MR) is 61.4 cm³/mol. The highest BCUT2D eigenvalue weighted by molar-refractivity contribution is 4.86. The third kappa shape index (κ3) is 2.31. The lowest BCUT2D eigenvalue weighted by Gasteiger charge is -2.33. The first kappa shape index (κ1) is 10.5. The molecular weight excluding hydrogens is 170 g/mol. The Morgan fingerprint density at radius 3 is 1.71 bits per heavy atom. The summed E-state index contributed by atoms with van der Waals surface area (Å²) in [5.74, 6) is 1.83. The summed E-state index contributed by atoms with van der Waals surface area (Å²) >= 11 is 0. The van der Waals surface area contributed by atoms with Crippen LogP contribution in [0.15, 0.2) is 0 Å². The van der Waals surface area contributed by atoms with Crippen LogP contribution in [-0.2, 0) is 0 Å². The minimum absolute atomic E-state index is 0.828. The van der Waals surface area contributed by atoms with Crippen molar-refractivity contribution in [2.24, 2.45) is 11.8 Å². The van der Waals surface area contributed by atoms with Gasteiger partial charge in [-0.25, -0.2) is 0 Å². The van der Waals surface area contributed by atoms with Crippen LogP contribution in [0, 0.1) is 11.8 Å². The molecule has 0 amide bonds. The Morgan fingerprint density at radius 1 is 0.714 bits per heavy atom. The number of hydrogen-bond donors (Lipinski definition) is 1. The fourth-order valence-corrected chi connectivity index (χ4v) is 3.23. The highest BCUT2D eigenvalue weighted by Gasteiger charge is 2.28. The van der Waals surface area contributed by atoms with Crippen molar-refractivity contribution in [3.8, 4) is 0 Å². The van der Waals surface area contributed by atoms with Crippen LogP contribution in [0.1, 0.15) is 58.8 Å². The molecule has 0 saturated heterocycles. The summed E-state index contributed by atoms with van der Waals surface area (Å²) in [6.07, 6.45) is 10.1. The fourth-order valence-electron chi connectivity index (χ4n) is 3.23. The molecule has 0 bridgehead atoms. The van der Waals surface area contributed by atoms with Crippen LogP contribution in [-0.4, -0.2) is 12.1 Å². The normalized spacial score (nSPS) is 44.1. The summed E-state index contributed by atoms with van der Waals surface area (Å²) in [6, 6.07) is 1.66. The maximum absolute atomic E-state index is 3.92. The zero-order valence-corrected chi connectivity index (χ0v) is 9.76. The first-order valence-corrected chi connectivity index (χ1v) is 6.53. The standard InChI is InChI=1S/C13H25N/c1-10-6-3-4-8-12(10)14-13-9-5-7-11(13)2/h10-14H,3-9H2,1-2H3/t10-,11-,12+,13-/m1/s1. The zero-order valence-electron chi connectivity index (χ0n) is 9.76. The average Bonchev–Trinajstić information content (AvgIpc) is 2.56. The van der Waals surface area contributed by atoms with Gasteiger partial charge in [-0.15, -0.1) is 0 Å². The lowest BCUT2D eigenvalue weighted by molar-refractivity contribution is 0.243. The van der Waals surface area contributed by atoms with E-state index >= 15 is 0 Å². The van der Waals surface area contributed by atoms with E-state index in [4.69, 9.17) is 0 Å². The van der Waals surface area contributed by atoms with Gasteiger partial charge in [0.2, 0.25) is 0 Å². The SMILES string of the molecule is C[C@@H]1CCCC[C@@H]1N[C@@H]1CCC[C@H]1C. The van der Waals surface area contributed by atoms with Crippen molar-refractivity contribution < 1.29 is 0 Å². The molecule has 2 saturated carbocycles. The van der Waals surface area contributed by atoms with Gasteiger partial charge in [0.1, 0.15) is 0 Å². The molecule has 0 aromatic rings. The van der Waals surface area contributed by atoms with Crippen molar-refractivity contribution in [2.75, 3.05) is 0 Å². The Labute approximate surface area is 88.7 Å². The molecule has 0 spiro atoms. The van der Waals surface area contributed by atoms with E-state index < -0.39 is 0 Å². The van der Waals surface area contributed by atoms with E-state index in [1.165, 1.54) is 44.9 Å². The average molecular weight is 195 g/mol. The van der Waals surface area contributed by atoms with Crippen LogP contribution in [0.3, 0.4) is 0 Å². The van der Waals surface area contributed by atoms with Crippen molar-refractivity contribution in [3.63, 3.8) is 0 Å². The first-order chi connectivity index (χ1) is 6.77. The smallest absolute Gasteiger partial charge is 0.00953 e. The maximum atomic E-state index is 3.92. The van der Waals surface area contributed by atoms with Gasteiger partial charge in [0, 0.05) is 12.1 Å². The highest BCUT2D eigenvalue weighted by Crippen LogP contribution is 2.29. The lowest BCUT2D eigenvalue weighted by atomic mass is 9.85. The van der Waals surface area contributed by atoms with E-state index in [2.05, 4.69) is 19.2 Å². The lowest BCUT2D eigenvalue weighted by Crippen LogP contribution is -2.44. The zero-order chi connectivity index (χ0) is 9.97. The van der Waals surface area contributed by atoms with E-state index in [9.17, 15) is 0 Å². The summed E-state index contributed by atoms with van der Waals surface area (Å²) in [5.41, 5.74) is 0. The van der Waals surface area contributed by atoms with Crippen molar-refractivity contribution in [1.82, 2.24) is 5.32 Å². The van der Waals surface area contributed by atoms with Crippen LogP contribution in [0.2, 0.25) is 0 Å². The van der Waals surface area contributed by atoms with Crippen LogP contribution < -0.4 is 5.32 Å². The molecule has 0 aliphatic heterocycles. The number of rotatable bonds is 2. The second-order valence-corrected chi connectivity index (χ2v) is 5.55. The Hall–Kier alpha value is -0.0400. The Bertz CT molecular complexity index is 178. The van der Waals surface area contributed by atoms with E-state index in [0.717, 1.165) is 23.9 Å². The van der Waals surface area contributed by atoms with Crippen molar-refractivity contribution in [1.29, 1.82) is 0 Å². The highest BCUT2D eigenvalue weighted by atomic mass is 15.0. The van der Waals surface area contributed by atoms with E-state index in [1.807, 2.05) is 0 Å². The number of nitrogens with one attached hydrogen (secondary N) is 1. The Balaban J connectivity index is 1.83. The first-order valence-electron chi connectivity index (χ1n) is 6.53. The Morgan fingerprint density at radius 2 is 1.21 bits per heavy atom. The molecule has 14 heavy (non-hydrogen) atoms. The molecule has 1 heteroatoms. The molecule has 0 aromatic carbocycles. The summed E-state index contributed by atoms with van der Waals surface area (Å²) in [7, 11) is 0. The largest absolute Gasteiger partial charge is 0.311 e. The number of hydrogen-bond acceptors (Lipinski definition) is 1. The van der Waals surface area contributed by atoms with Gasteiger partial charge in [-0.1, -0.05) is 33.1 Å². The summed E-state index contributed by atoms with van der Waals surface area (Å²) in [5, 5.41) is 3.92. The van der Waals surface area contributed by atoms with Crippen molar-refractivity contribution in [3.05, 3.63) is 0 Å². The van der Waals surface area contributed by atoms with Crippen molar-refractivity contribution >= 4 is 0 Å². The van der Waals surface area contributed by atoms with Gasteiger partial charge in [-0.3, -0.25) is 0 Å². The van der Waals surface area contributed by atoms with E-state index in [-0.39, 0.29) is 0 Å². The van der Waals surface area contributed by atoms with Crippen LogP contribution in [0.25, 0.3) is 0 Å². The molecule has 4 atom stereocenters. The van der Waals surface area contributed by atoms with Gasteiger partial charge in [0.05, 0.1) is 0 Å². The molecule has 0 radical (unpaired) electrons. The minimum atomic E-state index is 0.828. The Kier molecular flexibility index (Phi) is 3.48. The summed E-state index contributed by atoms with van der Waals surface area (Å²) in [4.78, 5) is 0. The topological polar surface area (TPSA) is 12.0 Å². The molecular formula is C13H25N.